The molecule has 0 amide bonds. The standard InChI is InChI=1S/C31H40N8O5/c1-18(2)44-29(40)21-15-32-30(35-28(21)38-17-31(4,5)27-23(38)10-9-19(3)33-27)34-22-13-25(39(41)42)24(14-26(22)43-8)37-12-11-20(16-37)36(6)7/h9-10,13-15,18,20H,11-12,16-17H2,1-8H3,(H,32,34,35)/t20-/m1/s1. The molecule has 2 aliphatic heterocycles. The third-order valence-corrected chi connectivity index (χ3v) is 8.06. The van der Waals surface area contributed by atoms with Crippen molar-refractivity contribution in [3.63, 3.8) is 0 Å². The van der Waals surface area contributed by atoms with Crippen LogP contribution in [0.5, 0.6) is 5.75 Å². The monoisotopic (exact) mass is 604 g/mol. The summed E-state index contributed by atoms with van der Waals surface area (Å²) in [5.41, 5.74) is 3.28. The lowest BCUT2D eigenvalue weighted by molar-refractivity contribution is -0.384. The Morgan fingerprint density at radius 2 is 1.95 bits per heavy atom. The van der Waals surface area contributed by atoms with E-state index in [1.54, 1.807) is 19.9 Å². The number of aryl methyl sites for hydroxylation is 1. The van der Waals surface area contributed by atoms with Gasteiger partial charge in [0.1, 0.15) is 17.0 Å². The van der Waals surface area contributed by atoms with Gasteiger partial charge in [0.05, 0.1) is 35.2 Å². The number of aromatic nitrogens is 3. The van der Waals surface area contributed by atoms with Crippen LogP contribution in [0.1, 0.15) is 55.9 Å². The lowest BCUT2D eigenvalue weighted by Gasteiger charge is -2.24. The molecule has 4 heterocycles. The molecule has 0 saturated carbocycles. The fourth-order valence-corrected chi connectivity index (χ4v) is 5.80. The summed E-state index contributed by atoms with van der Waals surface area (Å²) < 4.78 is 11.2. The minimum Gasteiger partial charge on any atom is -0.494 e. The molecule has 0 radical (unpaired) electrons. The van der Waals surface area contributed by atoms with Crippen molar-refractivity contribution >= 4 is 40.5 Å². The lowest BCUT2D eigenvalue weighted by Crippen LogP contribution is -2.31. The van der Waals surface area contributed by atoms with Crippen molar-refractivity contribution in [2.24, 2.45) is 0 Å². The van der Waals surface area contributed by atoms with Gasteiger partial charge in [-0.1, -0.05) is 13.8 Å². The predicted octanol–water partition coefficient (Wildman–Crippen LogP) is 4.98. The number of esters is 1. The molecule has 13 heteroatoms. The summed E-state index contributed by atoms with van der Waals surface area (Å²) in [6.07, 6.45) is 1.98. The number of nitrogens with one attached hydrogen (secondary N) is 1. The molecule has 0 aliphatic carbocycles. The molecule has 0 bridgehead atoms. The minimum absolute atomic E-state index is 0.0540. The molecule has 0 spiro atoms. The van der Waals surface area contributed by atoms with Crippen LogP contribution in [0, 0.1) is 17.0 Å². The van der Waals surface area contributed by atoms with Crippen LogP contribution in [-0.4, -0.2) is 83.7 Å². The number of hydrogen-bond donors (Lipinski definition) is 1. The van der Waals surface area contributed by atoms with Gasteiger partial charge in [-0.2, -0.15) is 4.98 Å². The highest BCUT2D eigenvalue weighted by molar-refractivity contribution is 5.96. The topological polar surface area (TPSA) is 139 Å². The summed E-state index contributed by atoms with van der Waals surface area (Å²) in [7, 11) is 5.54. The number of carbonyl (C=O) groups is 1. The van der Waals surface area contributed by atoms with Gasteiger partial charge in [0.2, 0.25) is 5.95 Å². The highest BCUT2D eigenvalue weighted by Crippen LogP contribution is 2.45. The molecule has 44 heavy (non-hydrogen) atoms. The van der Waals surface area contributed by atoms with E-state index in [9.17, 15) is 14.9 Å². The Morgan fingerprint density at radius 3 is 2.59 bits per heavy atom. The van der Waals surface area contributed by atoms with E-state index < -0.39 is 10.9 Å². The number of nitro benzene ring substituents is 1. The summed E-state index contributed by atoms with van der Waals surface area (Å²) in [6.45, 7) is 11.6. The molecule has 0 unspecified atom stereocenters. The Balaban J connectivity index is 1.56. The molecule has 3 aromatic rings. The van der Waals surface area contributed by atoms with E-state index in [4.69, 9.17) is 19.4 Å². The van der Waals surface area contributed by atoms with E-state index in [0.717, 1.165) is 23.5 Å². The van der Waals surface area contributed by atoms with Crippen molar-refractivity contribution in [1.82, 2.24) is 19.9 Å². The van der Waals surface area contributed by atoms with Crippen LogP contribution in [-0.2, 0) is 10.2 Å². The molecule has 1 aromatic carbocycles. The van der Waals surface area contributed by atoms with Crippen LogP contribution in [0.4, 0.5) is 34.5 Å². The summed E-state index contributed by atoms with van der Waals surface area (Å²) in [6, 6.07) is 7.32. The SMILES string of the molecule is COc1cc(N2CC[C@@H](N(C)C)C2)c([N+](=O)[O-])cc1Nc1ncc(C(=O)OC(C)C)c(N2CC(C)(C)c3nc(C)ccc32)n1. The Kier molecular flexibility index (Phi) is 8.34. The quantitative estimate of drug-likeness (QED) is 0.200. The van der Waals surface area contributed by atoms with Crippen LogP contribution in [0.15, 0.2) is 30.5 Å². The smallest absolute Gasteiger partial charge is 0.343 e. The summed E-state index contributed by atoms with van der Waals surface area (Å²) in [5, 5.41) is 15.4. The second kappa shape index (κ2) is 11.9. The van der Waals surface area contributed by atoms with Gasteiger partial charge in [-0.05, 0) is 53.4 Å². The maximum atomic E-state index is 13.2. The van der Waals surface area contributed by atoms with Crippen LogP contribution >= 0.6 is 0 Å². The average molecular weight is 605 g/mol. The molecule has 2 aliphatic rings. The highest BCUT2D eigenvalue weighted by atomic mass is 16.6. The summed E-state index contributed by atoms with van der Waals surface area (Å²) >= 11 is 0. The summed E-state index contributed by atoms with van der Waals surface area (Å²) in [4.78, 5) is 45.1. The Hall–Kier alpha value is -4.52. The van der Waals surface area contributed by atoms with Crippen LogP contribution in [0.2, 0.25) is 0 Å². The fourth-order valence-electron chi connectivity index (χ4n) is 5.80. The number of rotatable bonds is 9. The molecule has 5 rings (SSSR count). The van der Waals surface area contributed by atoms with Crippen molar-refractivity contribution in [3.8, 4) is 5.75 Å². The van der Waals surface area contributed by atoms with Crippen molar-refractivity contribution < 1.29 is 19.2 Å². The summed E-state index contributed by atoms with van der Waals surface area (Å²) in [5.74, 6) is 0.343. The van der Waals surface area contributed by atoms with Crippen LogP contribution in [0.25, 0.3) is 0 Å². The van der Waals surface area contributed by atoms with Crippen molar-refractivity contribution in [3.05, 3.63) is 57.5 Å². The highest BCUT2D eigenvalue weighted by Gasteiger charge is 2.40. The largest absolute Gasteiger partial charge is 0.494 e. The normalized spacial score (nSPS) is 17.3. The minimum atomic E-state index is -0.549. The first-order chi connectivity index (χ1) is 20.8. The zero-order chi connectivity index (χ0) is 31.9. The number of anilines is 5. The van der Waals surface area contributed by atoms with E-state index in [0.29, 0.717) is 48.6 Å². The first kappa shape index (κ1) is 30.9. The fraction of sp³-hybridized carbons (Fsp3) is 0.484. The maximum Gasteiger partial charge on any atom is 0.343 e. The van der Waals surface area contributed by atoms with Gasteiger partial charge < -0.3 is 29.5 Å². The molecule has 1 saturated heterocycles. The van der Waals surface area contributed by atoms with Crippen LogP contribution < -0.4 is 19.9 Å². The molecule has 1 N–H and O–H groups in total. The lowest BCUT2D eigenvalue weighted by atomic mass is 9.91. The second-order valence-electron chi connectivity index (χ2n) is 12.5. The molecule has 13 nitrogen and oxygen atoms in total. The van der Waals surface area contributed by atoms with Gasteiger partial charge in [0.25, 0.3) is 5.69 Å². The predicted molar refractivity (Wildman–Crippen MR) is 169 cm³/mol. The Bertz CT molecular complexity index is 1590. The van der Waals surface area contributed by atoms with Crippen molar-refractivity contribution in [2.45, 2.75) is 58.6 Å². The number of nitro groups is 1. The third kappa shape index (κ3) is 5.96. The first-order valence-corrected chi connectivity index (χ1v) is 14.7. The second-order valence-corrected chi connectivity index (χ2v) is 12.5. The zero-order valence-electron chi connectivity index (χ0n) is 26.5. The first-order valence-electron chi connectivity index (χ1n) is 14.7. The molecular weight excluding hydrogens is 564 g/mol. The van der Waals surface area contributed by atoms with Gasteiger partial charge >= 0.3 is 5.97 Å². The molecular formula is C31H40N8O5. The number of carbonyl (C=O) groups excluding carboxylic acids is 1. The van der Waals surface area contributed by atoms with E-state index in [1.807, 2.05) is 43.0 Å². The number of benzene rings is 1. The number of methoxy groups -OCH3 is 1. The van der Waals surface area contributed by atoms with Crippen molar-refractivity contribution in [1.29, 1.82) is 0 Å². The van der Waals surface area contributed by atoms with Crippen molar-refractivity contribution in [2.75, 3.05) is 56.0 Å². The van der Waals surface area contributed by atoms with Gasteiger partial charge in [-0.25, -0.2) is 9.78 Å². The molecule has 1 fully saturated rings. The Morgan fingerprint density at radius 1 is 1.20 bits per heavy atom. The maximum absolute atomic E-state index is 13.2. The van der Waals surface area contributed by atoms with Gasteiger partial charge in [-0.3, -0.25) is 15.1 Å². The number of ether oxygens (including phenoxy) is 2. The Labute approximate surface area is 257 Å². The number of hydrogen-bond acceptors (Lipinski definition) is 12. The number of fused-ring (bicyclic) bond motifs is 1. The number of likely N-dealkylation sites (N-methyl/N-ethyl adjacent to an activating group) is 1. The van der Waals surface area contributed by atoms with Gasteiger partial charge in [0, 0.05) is 55.1 Å². The molecule has 234 valence electrons. The molecule has 1 atom stereocenters. The molecule has 2 aromatic heterocycles. The average Bonchev–Trinajstić information content (AvgIpc) is 3.55. The van der Waals surface area contributed by atoms with E-state index >= 15 is 0 Å². The van der Waals surface area contributed by atoms with Gasteiger partial charge in [-0.15, -0.1) is 0 Å². The number of pyridine rings is 1. The van der Waals surface area contributed by atoms with E-state index in [2.05, 4.69) is 29.0 Å². The van der Waals surface area contributed by atoms with Crippen LogP contribution in [0.3, 0.4) is 0 Å². The van der Waals surface area contributed by atoms with Gasteiger partial charge in [0.15, 0.2) is 5.82 Å². The third-order valence-electron chi connectivity index (χ3n) is 8.06. The van der Waals surface area contributed by atoms with E-state index in [-0.39, 0.29) is 28.7 Å². The number of nitrogens with zero attached hydrogens (tertiary/aromatic N) is 7. The zero-order valence-corrected chi connectivity index (χ0v) is 26.5. The van der Waals surface area contributed by atoms with E-state index in [1.165, 1.54) is 19.4 Å².